The Morgan fingerprint density at radius 1 is 0.786 bits per heavy atom. The maximum absolute atomic E-state index is 13.7. The molecule has 0 radical (unpaired) electrons. The lowest BCUT2D eigenvalue weighted by Crippen LogP contribution is -2.47. The van der Waals surface area contributed by atoms with Gasteiger partial charge in [-0.25, -0.2) is 4.68 Å². The van der Waals surface area contributed by atoms with Crippen LogP contribution in [-0.2, 0) is 32.7 Å². The van der Waals surface area contributed by atoms with Gasteiger partial charge in [-0.1, -0.05) is 134 Å². The fraction of sp³-hybridized carbons (Fsp3) is 0.422. The summed E-state index contributed by atoms with van der Waals surface area (Å²) in [5, 5.41) is 20.6. The largest absolute Gasteiger partial charge is 0.457 e. The Kier molecular flexibility index (Phi) is 12.5. The van der Waals surface area contributed by atoms with Crippen LogP contribution in [-0.4, -0.2) is 68.5 Å². The molecule has 7 rings (SSSR count). The summed E-state index contributed by atoms with van der Waals surface area (Å²) in [6, 6.07) is 42.0. The molecule has 0 saturated carbocycles. The van der Waals surface area contributed by atoms with Gasteiger partial charge < -0.3 is 14.6 Å². The number of carbonyl (C=O) groups excluding carboxylic acids is 1. The third-order valence-corrected chi connectivity index (χ3v) is 11.9. The number of likely N-dealkylation sites (tertiary alicyclic amines) is 1. The molecule has 1 atom stereocenters. The van der Waals surface area contributed by atoms with Crippen molar-refractivity contribution in [3.63, 3.8) is 0 Å². The van der Waals surface area contributed by atoms with Gasteiger partial charge in [0.1, 0.15) is 6.54 Å². The fourth-order valence-electron chi connectivity index (χ4n) is 8.14. The van der Waals surface area contributed by atoms with Crippen molar-refractivity contribution in [2.75, 3.05) is 13.1 Å². The van der Waals surface area contributed by atoms with Gasteiger partial charge in [0.15, 0.2) is 5.82 Å². The maximum Gasteiger partial charge on any atom is 0.457 e. The molecule has 1 amide bonds. The van der Waals surface area contributed by atoms with Crippen LogP contribution in [0, 0.1) is 0 Å². The number of nitrogens with one attached hydrogen (secondary N) is 2. The Bertz CT molecular complexity index is 1860. The molecular formula is C45H56BN7O3. The van der Waals surface area contributed by atoms with Crippen LogP contribution < -0.4 is 10.6 Å². The van der Waals surface area contributed by atoms with Crippen LogP contribution in [0.25, 0.3) is 0 Å². The third kappa shape index (κ3) is 9.13. The lowest BCUT2D eigenvalue weighted by molar-refractivity contribution is -0.123. The third-order valence-electron chi connectivity index (χ3n) is 11.9. The molecule has 1 unspecified atom stereocenters. The Balaban J connectivity index is 1.12. The molecule has 10 nitrogen and oxygen atoms in total. The number of benzene rings is 4. The molecule has 56 heavy (non-hydrogen) atoms. The molecule has 0 bridgehead atoms. The van der Waals surface area contributed by atoms with Crippen molar-refractivity contribution in [1.29, 1.82) is 0 Å². The Morgan fingerprint density at radius 2 is 1.30 bits per heavy atom. The number of nitrogens with zero attached hydrogens (tertiary/aromatic N) is 5. The first kappa shape index (κ1) is 39.6. The van der Waals surface area contributed by atoms with Gasteiger partial charge in [0, 0.05) is 25.7 Å². The molecule has 4 aromatic carbocycles. The number of hydrogen-bond donors (Lipinski definition) is 2. The molecule has 1 aromatic heterocycles. The summed E-state index contributed by atoms with van der Waals surface area (Å²) in [4.78, 5) is 16.2. The highest BCUT2D eigenvalue weighted by molar-refractivity contribution is 6.45. The quantitative estimate of drug-likeness (QED) is 0.0613. The van der Waals surface area contributed by atoms with Crippen molar-refractivity contribution in [2.45, 2.75) is 108 Å². The molecular weight excluding hydrogens is 697 g/mol. The number of carbonyl (C=O) groups is 1. The first-order valence-corrected chi connectivity index (χ1v) is 20.2. The van der Waals surface area contributed by atoms with Crippen molar-refractivity contribution >= 4 is 13.0 Å². The predicted octanol–water partition coefficient (Wildman–Crippen LogP) is 7.34. The Labute approximate surface area is 332 Å². The molecule has 292 valence electrons. The van der Waals surface area contributed by atoms with Crippen LogP contribution in [0.4, 0.5) is 0 Å². The summed E-state index contributed by atoms with van der Waals surface area (Å²) in [7, 11) is -0.261. The van der Waals surface area contributed by atoms with Crippen LogP contribution in [0.15, 0.2) is 121 Å². The Morgan fingerprint density at radius 3 is 1.84 bits per heavy atom. The van der Waals surface area contributed by atoms with E-state index in [1.165, 1.54) is 5.56 Å². The molecule has 0 aliphatic carbocycles. The van der Waals surface area contributed by atoms with Gasteiger partial charge in [-0.3, -0.25) is 15.0 Å². The van der Waals surface area contributed by atoms with Crippen LogP contribution in [0.5, 0.6) is 0 Å². The first-order chi connectivity index (χ1) is 27.1. The number of rotatable bonds is 16. The molecule has 2 saturated heterocycles. The molecule has 2 aliphatic rings. The van der Waals surface area contributed by atoms with E-state index in [-0.39, 0.29) is 42.9 Å². The summed E-state index contributed by atoms with van der Waals surface area (Å²) >= 11 is 0. The number of tetrazole rings is 1. The smallest absolute Gasteiger partial charge is 0.403 e. The summed E-state index contributed by atoms with van der Waals surface area (Å²) < 4.78 is 14.3. The lowest BCUT2D eigenvalue weighted by Gasteiger charge is -2.40. The monoisotopic (exact) mass is 753 g/mol. The maximum atomic E-state index is 13.7. The topological polar surface area (TPSA) is 106 Å². The molecule has 11 heteroatoms. The van der Waals surface area contributed by atoms with E-state index in [1.54, 1.807) is 4.68 Å². The van der Waals surface area contributed by atoms with Crippen molar-refractivity contribution in [3.8, 4) is 0 Å². The minimum Gasteiger partial charge on any atom is -0.403 e. The van der Waals surface area contributed by atoms with Gasteiger partial charge in [0.05, 0.1) is 22.8 Å². The van der Waals surface area contributed by atoms with Crippen LogP contribution in [0.3, 0.4) is 0 Å². The fourth-order valence-corrected chi connectivity index (χ4v) is 8.14. The zero-order valence-corrected chi connectivity index (χ0v) is 33.3. The van der Waals surface area contributed by atoms with E-state index in [0.717, 1.165) is 74.7 Å². The average Bonchev–Trinajstić information content (AvgIpc) is 3.75. The molecule has 5 aromatic rings. The first-order valence-electron chi connectivity index (χ1n) is 20.2. The number of amides is 1. The van der Waals surface area contributed by atoms with E-state index in [9.17, 15) is 4.79 Å². The summed E-state index contributed by atoms with van der Waals surface area (Å²) in [6.45, 7) is 11.2. The van der Waals surface area contributed by atoms with Gasteiger partial charge >= 0.3 is 7.12 Å². The highest BCUT2D eigenvalue weighted by Crippen LogP contribution is 2.41. The second kappa shape index (κ2) is 17.6. The standard InChI is InChI=1S/C45H56BN7O3/c1-43(2)44(3,4)56-46(55-43)30-18-17-27-40(48-45(36-21-11-6-12-22-36,37-23-13-7-14-24-37)38-25-15-8-16-26-38)42-49-50-51-53(42)34-41(54)47-39-28-31-52(32-29-39)33-35-19-9-5-10-20-35/h5-16,19-26,39-40,48H,17-18,27-34H2,1-4H3,(H,47,54). The molecule has 2 N–H and O–H groups in total. The molecule has 2 aliphatic heterocycles. The summed E-state index contributed by atoms with van der Waals surface area (Å²) in [6.07, 6.45) is 5.04. The van der Waals surface area contributed by atoms with Gasteiger partial charge in [-0.2, -0.15) is 0 Å². The van der Waals surface area contributed by atoms with Gasteiger partial charge in [-0.15, -0.1) is 5.10 Å². The van der Waals surface area contributed by atoms with Crippen LogP contribution >= 0.6 is 0 Å². The zero-order valence-electron chi connectivity index (χ0n) is 33.3. The second-order valence-electron chi connectivity index (χ2n) is 16.3. The summed E-state index contributed by atoms with van der Waals surface area (Å²) in [5.74, 6) is 0.542. The van der Waals surface area contributed by atoms with Crippen LogP contribution in [0.2, 0.25) is 6.32 Å². The van der Waals surface area contributed by atoms with E-state index in [4.69, 9.17) is 9.31 Å². The van der Waals surface area contributed by atoms with E-state index in [0.29, 0.717) is 5.82 Å². The van der Waals surface area contributed by atoms with E-state index < -0.39 is 5.54 Å². The van der Waals surface area contributed by atoms with Gasteiger partial charge in [-0.05, 0) is 86.0 Å². The molecule has 2 fully saturated rings. The normalized spacial score (nSPS) is 17.8. The number of hydrogen-bond acceptors (Lipinski definition) is 8. The number of unbranched alkanes of at least 4 members (excludes halogenated alkanes) is 1. The van der Waals surface area contributed by atoms with E-state index >= 15 is 0 Å². The second-order valence-corrected chi connectivity index (χ2v) is 16.3. The lowest BCUT2D eigenvalue weighted by atomic mass is 9.76. The van der Waals surface area contributed by atoms with Crippen molar-refractivity contribution < 1.29 is 14.1 Å². The number of piperidine rings is 1. The predicted molar refractivity (Wildman–Crippen MR) is 221 cm³/mol. The van der Waals surface area contributed by atoms with E-state index in [1.807, 2.05) is 18.2 Å². The van der Waals surface area contributed by atoms with Crippen molar-refractivity contribution in [2.24, 2.45) is 0 Å². The zero-order chi connectivity index (χ0) is 39.0. The highest BCUT2D eigenvalue weighted by Gasteiger charge is 2.50. The van der Waals surface area contributed by atoms with Crippen molar-refractivity contribution in [1.82, 2.24) is 35.7 Å². The van der Waals surface area contributed by atoms with E-state index in [2.05, 4.69) is 162 Å². The minimum atomic E-state index is -0.757. The van der Waals surface area contributed by atoms with Gasteiger partial charge in [0.25, 0.3) is 0 Å². The minimum absolute atomic E-state index is 0.0354. The molecule has 3 heterocycles. The average molecular weight is 754 g/mol. The number of aromatic nitrogens is 4. The summed E-state index contributed by atoms with van der Waals surface area (Å²) in [5.41, 5.74) is 3.09. The highest BCUT2D eigenvalue weighted by atomic mass is 16.7. The molecule has 0 spiro atoms. The van der Waals surface area contributed by atoms with Crippen molar-refractivity contribution in [3.05, 3.63) is 149 Å². The van der Waals surface area contributed by atoms with Crippen LogP contribution in [0.1, 0.15) is 93.9 Å². The SMILES string of the molecule is CC1(C)OB(CCCCC(NC(c2ccccc2)(c2ccccc2)c2ccccc2)c2nnnn2CC(=O)NC2CCN(Cc3ccccc3)CC2)OC1(C)C. The van der Waals surface area contributed by atoms with Gasteiger partial charge in [0.2, 0.25) is 5.91 Å². The Hall–Kier alpha value is -4.68.